The van der Waals surface area contributed by atoms with Crippen molar-refractivity contribution in [3.63, 3.8) is 0 Å². The quantitative estimate of drug-likeness (QED) is 0.693. The maximum absolute atomic E-state index is 12.7. The number of anilines is 1. The molecule has 1 atom stereocenters. The van der Waals surface area contributed by atoms with Crippen LogP contribution in [-0.2, 0) is 4.79 Å². The fraction of sp³-hybridized carbons (Fsp3) is 0.444. The van der Waals surface area contributed by atoms with Gasteiger partial charge in [0, 0.05) is 11.8 Å². The fourth-order valence-corrected chi connectivity index (χ4v) is 2.81. The molecule has 0 aliphatic heterocycles. The standard InChI is InChI=1S/C18H22ClF2N3O3/c1-5-13(24-11(4)16(19)10(3)23-24)17(25)22-12-7-8-14(27-18(20)21)15(9-12)26-6-2/h7-9,13,18H,5-6H2,1-4H3,(H,22,25). The maximum Gasteiger partial charge on any atom is 0.387 e. The molecule has 1 heterocycles. The van der Waals surface area contributed by atoms with E-state index in [9.17, 15) is 13.6 Å². The van der Waals surface area contributed by atoms with Gasteiger partial charge in [-0.2, -0.15) is 13.9 Å². The van der Waals surface area contributed by atoms with Crippen LogP contribution in [0, 0.1) is 13.8 Å². The van der Waals surface area contributed by atoms with Crippen molar-refractivity contribution in [2.75, 3.05) is 11.9 Å². The Morgan fingerprint density at radius 3 is 2.52 bits per heavy atom. The molecule has 1 unspecified atom stereocenters. The van der Waals surface area contributed by atoms with Gasteiger partial charge in [0.15, 0.2) is 11.5 Å². The number of alkyl halides is 2. The summed E-state index contributed by atoms with van der Waals surface area (Å²) in [4.78, 5) is 12.7. The Bertz CT molecular complexity index is 811. The van der Waals surface area contributed by atoms with Crippen LogP contribution in [0.5, 0.6) is 11.5 Å². The van der Waals surface area contributed by atoms with Crippen molar-refractivity contribution in [3.05, 3.63) is 34.6 Å². The predicted octanol–water partition coefficient (Wildman–Crippen LogP) is 4.74. The van der Waals surface area contributed by atoms with E-state index >= 15 is 0 Å². The molecule has 0 spiro atoms. The monoisotopic (exact) mass is 401 g/mol. The average Bonchev–Trinajstić information content (AvgIpc) is 2.85. The first-order valence-corrected chi connectivity index (χ1v) is 8.89. The van der Waals surface area contributed by atoms with E-state index in [4.69, 9.17) is 16.3 Å². The van der Waals surface area contributed by atoms with Crippen LogP contribution < -0.4 is 14.8 Å². The second-order valence-electron chi connectivity index (χ2n) is 5.82. The van der Waals surface area contributed by atoms with Crippen LogP contribution >= 0.6 is 11.6 Å². The summed E-state index contributed by atoms with van der Waals surface area (Å²) in [7, 11) is 0. The third kappa shape index (κ3) is 4.88. The number of amides is 1. The van der Waals surface area contributed by atoms with Crippen LogP contribution in [-0.4, -0.2) is 28.9 Å². The van der Waals surface area contributed by atoms with Crippen molar-refractivity contribution in [2.45, 2.75) is 46.8 Å². The summed E-state index contributed by atoms with van der Waals surface area (Å²) in [5.74, 6) is -0.273. The Labute approximate surface area is 161 Å². The van der Waals surface area contributed by atoms with Crippen LogP contribution in [0.25, 0.3) is 0 Å². The van der Waals surface area contributed by atoms with Gasteiger partial charge < -0.3 is 14.8 Å². The lowest BCUT2D eigenvalue weighted by atomic mass is 10.2. The zero-order chi connectivity index (χ0) is 20.1. The molecular weight excluding hydrogens is 380 g/mol. The summed E-state index contributed by atoms with van der Waals surface area (Å²) in [6.07, 6.45) is 0.495. The third-order valence-corrected chi connectivity index (χ3v) is 4.50. The lowest BCUT2D eigenvalue weighted by molar-refractivity contribution is -0.119. The second kappa shape index (κ2) is 9.03. The SMILES string of the molecule is CCOc1cc(NC(=O)C(CC)n2nc(C)c(Cl)c2C)ccc1OC(F)F. The van der Waals surface area contributed by atoms with Gasteiger partial charge in [-0.05, 0) is 39.3 Å². The van der Waals surface area contributed by atoms with Gasteiger partial charge in [0.1, 0.15) is 6.04 Å². The van der Waals surface area contributed by atoms with Crippen molar-refractivity contribution in [1.82, 2.24) is 9.78 Å². The van der Waals surface area contributed by atoms with E-state index in [-0.39, 0.29) is 24.0 Å². The van der Waals surface area contributed by atoms with E-state index in [2.05, 4.69) is 15.2 Å². The van der Waals surface area contributed by atoms with Crippen molar-refractivity contribution in [1.29, 1.82) is 0 Å². The molecule has 9 heteroatoms. The summed E-state index contributed by atoms with van der Waals surface area (Å²) < 4.78 is 36.3. The summed E-state index contributed by atoms with van der Waals surface area (Å²) in [5.41, 5.74) is 1.75. The Morgan fingerprint density at radius 1 is 1.30 bits per heavy atom. The first-order chi connectivity index (χ1) is 12.8. The predicted molar refractivity (Wildman–Crippen MR) is 98.9 cm³/mol. The summed E-state index contributed by atoms with van der Waals surface area (Å²) in [6.45, 7) is 4.44. The number of ether oxygens (including phenoxy) is 2. The van der Waals surface area contributed by atoms with Gasteiger partial charge >= 0.3 is 6.61 Å². The Kier molecular flexibility index (Phi) is 7.01. The molecule has 6 nitrogen and oxygen atoms in total. The number of aryl methyl sites for hydroxylation is 1. The van der Waals surface area contributed by atoms with Gasteiger partial charge in [-0.15, -0.1) is 0 Å². The molecule has 1 aromatic carbocycles. The third-order valence-electron chi connectivity index (χ3n) is 3.95. The highest BCUT2D eigenvalue weighted by atomic mass is 35.5. The summed E-state index contributed by atoms with van der Waals surface area (Å²) >= 11 is 6.17. The van der Waals surface area contributed by atoms with Gasteiger partial charge in [-0.1, -0.05) is 18.5 Å². The van der Waals surface area contributed by atoms with E-state index < -0.39 is 12.7 Å². The lowest BCUT2D eigenvalue weighted by Gasteiger charge is -2.18. The van der Waals surface area contributed by atoms with Gasteiger partial charge in [0.25, 0.3) is 0 Å². The van der Waals surface area contributed by atoms with E-state index in [1.807, 2.05) is 6.92 Å². The van der Waals surface area contributed by atoms with Crippen LogP contribution in [0.15, 0.2) is 18.2 Å². The van der Waals surface area contributed by atoms with E-state index in [1.165, 1.54) is 18.2 Å². The highest BCUT2D eigenvalue weighted by Gasteiger charge is 2.24. The molecule has 0 saturated carbocycles. The number of nitrogens with one attached hydrogen (secondary N) is 1. The normalized spacial score (nSPS) is 12.1. The van der Waals surface area contributed by atoms with Crippen molar-refractivity contribution < 1.29 is 23.0 Å². The molecule has 0 bridgehead atoms. The maximum atomic E-state index is 12.7. The molecule has 0 aliphatic carbocycles. The highest BCUT2D eigenvalue weighted by Crippen LogP contribution is 2.32. The number of halogens is 3. The number of benzene rings is 1. The topological polar surface area (TPSA) is 65.4 Å². The average molecular weight is 402 g/mol. The minimum atomic E-state index is -2.97. The first-order valence-electron chi connectivity index (χ1n) is 8.52. The largest absolute Gasteiger partial charge is 0.490 e. The second-order valence-corrected chi connectivity index (χ2v) is 6.19. The van der Waals surface area contributed by atoms with Crippen molar-refractivity contribution in [3.8, 4) is 11.5 Å². The van der Waals surface area contributed by atoms with Crippen LogP contribution in [0.1, 0.15) is 37.7 Å². The minimum absolute atomic E-state index is 0.0952. The molecule has 2 rings (SSSR count). The van der Waals surface area contributed by atoms with Gasteiger partial charge in [-0.3, -0.25) is 9.48 Å². The molecular formula is C18H22ClF2N3O3. The number of carbonyl (C=O) groups excluding carboxylic acids is 1. The molecule has 0 aliphatic rings. The fourth-order valence-electron chi connectivity index (χ4n) is 2.69. The molecule has 27 heavy (non-hydrogen) atoms. The zero-order valence-electron chi connectivity index (χ0n) is 15.6. The van der Waals surface area contributed by atoms with Gasteiger partial charge in [0.2, 0.25) is 5.91 Å². The van der Waals surface area contributed by atoms with Crippen LogP contribution in [0.3, 0.4) is 0 Å². The number of hydrogen-bond acceptors (Lipinski definition) is 4. The van der Waals surface area contributed by atoms with Crippen molar-refractivity contribution >= 4 is 23.2 Å². The van der Waals surface area contributed by atoms with E-state index in [1.54, 1.807) is 25.5 Å². The number of rotatable bonds is 8. The Balaban J connectivity index is 2.24. The van der Waals surface area contributed by atoms with Crippen LogP contribution in [0.2, 0.25) is 5.02 Å². The molecule has 0 fully saturated rings. The minimum Gasteiger partial charge on any atom is -0.490 e. The smallest absolute Gasteiger partial charge is 0.387 e. The Hall–Kier alpha value is -2.35. The molecule has 0 saturated heterocycles. The summed E-state index contributed by atoms with van der Waals surface area (Å²) in [5, 5.41) is 7.62. The molecule has 2 aromatic rings. The molecule has 1 aromatic heterocycles. The van der Waals surface area contributed by atoms with Gasteiger partial charge in [0.05, 0.1) is 23.0 Å². The first kappa shape index (κ1) is 21.0. The molecule has 1 amide bonds. The molecule has 0 radical (unpaired) electrons. The molecule has 148 valence electrons. The molecule has 1 N–H and O–H groups in total. The summed E-state index contributed by atoms with van der Waals surface area (Å²) in [6, 6.07) is 3.68. The lowest BCUT2D eigenvalue weighted by Crippen LogP contribution is -2.27. The Morgan fingerprint density at radius 2 is 2.00 bits per heavy atom. The highest BCUT2D eigenvalue weighted by molar-refractivity contribution is 6.31. The number of hydrogen-bond donors (Lipinski definition) is 1. The van der Waals surface area contributed by atoms with Gasteiger partial charge in [-0.25, -0.2) is 0 Å². The number of carbonyl (C=O) groups is 1. The van der Waals surface area contributed by atoms with E-state index in [0.29, 0.717) is 28.5 Å². The number of aromatic nitrogens is 2. The van der Waals surface area contributed by atoms with Crippen LogP contribution in [0.4, 0.5) is 14.5 Å². The zero-order valence-corrected chi connectivity index (χ0v) is 16.3. The van der Waals surface area contributed by atoms with Crippen molar-refractivity contribution in [2.24, 2.45) is 0 Å². The van der Waals surface area contributed by atoms with E-state index in [0.717, 1.165) is 0 Å². The number of nitrogens with zero attached hydrogens (tertiary/aromatic N) is 2.